The number of anilines is 1. The van der Waals surface area contributed by atoms with Crippen LogP contribution in [-0.2, 0) is 19.1 Å². The van der Waals surface area contributed by atoms with Gasteiger partial charge in [0.05, 0.1) is 42.9 Å². The highest BCUT2D eigenvalue weighted by molar-refractivity contribution is 6.06. The van der Waals surface area contributed by atoms with Crippen LogP contribution in [0.15, 0.2) is 83.7 Å². The van der Waals surface area contributed by atoms with Crippen molar-refractivity contribution in [1.82, 2.24) is 9.97 Å². The van der Waals surface area contributed by atoms with Crippen LogP contribution >= 0.6 is 0 Å². The number of nitrogens with zero attached hydrogens (tertiary/aromatic N) is 4. The highest BCUT2D eigenvalue weighted by Gasteiger charge is 2.42. The second kappa shape index (κ2) is 8.80. The third-order valence-corrected chi connectivity index (χ3v) is 5.36. The van der Waals surface area contributed by atoms with Crippen molar-refractivity contribution in [3.63, 3.8) is 0 Å². The second-order valence-corrected chi connectivity index (χ2v) is 7.10. The van der Waals surface area contributed by atoms with Crippen LogP contribution in [0.1, 0.15) is 11.5 Å². The summed E-state index contributed by atoms with van der Waals surface area (Å²) in [5.41, 5.74) is 8.10. The minimum Gasteiger partial charge on any atom is -0.466 e. The topological polar surface area (TPSA) is 131 Å². The molecule has 1 aliphatic heterocycles. The van der Waals surface area contributed by atoms with Gasteiger partial charge in [0.1, 0.15) is 17.8 Å². The summed E-state index contributed by atoms with van der Waals surface area (Å²) in [5.74, 6) is -2.51. The van der Waals surface area contributed by atoms with E-state index in [-0.39, 0.29) is 22.7 Å². The number of esters is 2. The fourth-order valence-electron chi connectivity index (χ4n) is 3.89. The maximum absolute atomic E-state index is 13.0. The number of hydrogen-bond donors (Lipinski definition) is 1. The van der Waals surface area contributed by atoms with Gasteiger partial charge in [-0.3, -0.25) is 4.90 Å². The lowest BCUT2D eigenvalue weighted by Gasteiger charge is -2.35. The van der Waals surface area contributed by atoms with E-state index in [1.54, 1.807) is 54.7 Å². The molecule has 1 aliphatic rings. The largest absolute Gasteiger partial charge is 0.466 e. The summed E-state index contributed by atoms with van der Waals surface area (Å²) in [6.07, 6.45) is 3.03. The van der Waals surface area contributed by atoms with E-state index in [9.17, 15) is 14.9 Å². The Kier molecular flexibility index (Phi) is 5.74. The zero-order valence-electron chi connectivity index (χ0n) is 17.9. The average molecular weight is 441 g/mol. The Morgan fingerprint density at radius 2 is 1.82 bits per heavy atom. The van der Waals surface area contributed by atoms with Gasteiger partial charge in [0, 0.05) is 17.3 Å². The monoisotopic (exact) mass is 441 g/mol. The minimum absolute atomic E-state index is 0.00407. The fourth-order valence-corrected chi connectivity index (χ4v) is 3.89. The average Bonchev–Trinajstić information content (AvgIpc) is 2.87. The first-order valence-corrected chi connectivity index (χ1v) is 9.87. The highest BCUT2D eigenvalue weighted by Crippen LogP contribution is 2.43. The van der Waals surface area contributed by atoms with Gasteiger partial charge in [0.2, 0.25) is 0 Å². The molecule has 4 rings (SSSR count). The van der Waals surface area contributed by atoms with Crippen LogP contribution in [0.5, 0.6) is 0 Å². The molecule has 0 radical (unpaired) electrons. The van der Waals surface area contributed by atoms with Crippen LogP contribution in [-0.4, -0.2) is 36.1 Å². The molecule has 2 aromatic carbocycles. The van der Waals surface area contributed by atoms with E-state index in [2.05, 4.69) is 16.0 Å². The summed E-state index contributed by atoms with van der Waals surface area (Å²) in [6, 6.07) is 16.1. The van der Waals surface area contributed by atoms with Crippen molar-refractivity contribution in [3.05, 3.63) is 89.3 Å². The van der Waals surface area contributed by atoms with Gasteiger partial charge in [-0.1, -0.05) is 30.3 Å². The molecular formula is C24H19N5O4. The zero-order chi connectivity index (χ0) is 23.5. The van der Waals surface area contributed by atoms with E-state index >= 15 is 0 Å². The summed E-state index contributed by atoms with van der Waals surface area (Å²) in [4.78, 5) is 35.6. The third-order valence-electron chi connectivity index (χ3n) is 5.36. The molecule has 9 heteroatoms. The molecule has 2 heterocycles. The number of aromatic nitrogens is 2. The quantitative estimate of drug-likeness (QED) is 0.607. The van der Waals surface area contributed by atoms with Crippen LogP contribution in [0.2, 0.25) is 0 Å². The van der Waals surface area contributed by atoms with Gasteiger partial charge in [0.15, 0.2) is 0 Å². The zero-order valence-corrected chi connectivity index (χ0v) is 17.9. The second-order valence-electron chi connectivity index (χ2n) is 7.10. The number of allylic oxidation sites excluding steroid dienone is 1. The third kappa shape index (κ3) is 3.64. The lowest BCUT2D eigenvalue weighted by molar-refractivity contribution is -0.139. The number of hydrogen-bond acceptors (Lipinski definition) is 9. The van der Waals surface area contributed by atoms with Crippen LogP contribution in [0.25, 0.3) is 10.9 Å². The van der Waals surface area contributed by atoms with Crippen LogP contribution in [0.4, 0.5) is 5.69 Å². The SMILES string of the molecule is COC(=O)C1=C(C(=O)OC)N(c2ccc3ncncc3c2)C(N)=C(C#N)C1c1ccccc1. The van der Waals surface area contributed by atoms with E-state index in [4.69, 9.17) is 15.2 Å². The molecule has 1 unspecified atom stereocenters. The molecule has 0 aliphatic carbocycles. The van der Waals surface area contributed by atoms with Gasteiger partial charge in [-0.25, -0.2) is 19.6 Å². The molecule has 0 saturated carbocycles. The lowest BCUT2D eigenvalue weighted by Crippen LogP contribution is -2.40. The predicted octanol–water partition coefficient (Wildman–Crippen LogP) is 2.53. The normalized spacial score (nSPS) is 15.9. The van der Waals surface area contributed by atoms with E-state index in [1.165, 1.54) is 25.4 Å². The Balaban J connectivity index is 2.06. The van der Waals surface area contributed by atoms with Gasteiger partial charge in [-0.2, -0.15) is 5.26 Å². The molecule has 0 fully saturated rings. The van der Waals surface area contributed by atoms with E-state index in [0.717, 1.165) is 0 Å². The highest BCUT2D eigenvalue weighted by atomic mass is 16.5. The van der Waals surface area contributed by atoms with Crippen molar-refractivity contribution in [3.8, 4) is 6.07 Å². The molecule has 0 bridgehead atoms. The number of methoxy groups -OCH3 is 2. The molecule has 1 aromatic heterocycles. The Morgan fingerprint density at radius 3 is 2.48 bits per heavy atom. The molecule has 0 saturated heterocycles. The molecule has 3 aromatic rings. The molecule has 9 nitrogen and oxygen atoms in total. The standard InChI is InChI=1S/C24H19N5O4/c1-32-23(30)20-19(14-6-4-3-5-7-14)17(11-25)22(26)29(21(20)24(31)33-2)16-8-9-18-15(10-16)12-27-13-28-18/h3-10,12-13,19H,26H2,1-2H3. The Morgan fingerprint density at radius 1 is 1.09 bits per heavy atom. The smallest absolute Gasteiger partial charge is 0.355 e. The molecule has 2 N–H and O–H groups in total. The number of nitrogens with two attached hydrogens (primary N) is 1. The van der Waals surface area contributed by atoms with Gasteiger partial charge in [-0.15, -0.1) is 0 Å². The summed E-state index contributed by atoms with van der Waals surface area (Å²) < 4.78 is 10.0. The van der Waals surface area contributed by atoms with Crippen molar-refractivity contribution in [2.45, 2.75) is 5.92 Å². The molecule has 0 spiro atoms. The number of fused-ring (bicyclic) bond motifs is 1. The summed E-state index contributed by atoms with van der Waals surface area (Å²) in [6.45, 7) is 0. The summed E-state index contributed by atoms with van der Waals surface area (Å²) in [7, 11) is 2.41. The van der Waals surface area contributed by atoms with Crippen molar-refractivity contribution in [2.24, 2.45) is 5.73 Å². The molecule has 33 heavy (non-hydrogen) atoms. The number of rotatable bonds is 4. The molecule has 164 valence electrons. The van der Waals surface area contributed by atoms with Crippen molar-refractivity contribution in [1.29, 1.82) is 5.26 Å². The number of nitriles is 1. The van der Waals surface area contributed by atoms with Crippen LogP contribution in [0, 0.1) is 11.3 Å². The number of carbonyl (C=O) groups excluding carboxylic acids is 2. The Labute approximate surface area is 189 Å². The molecule has 1 atom stereocenters. The summed E-state index contributed by atoms with van der Waals surface area (Å²) >= 11 is 0. The number of ether oxygens (including phenoxy) is 2. The maximum Gasteiger partial charge on any atom is 0.355 e. The lowest BCUT2D eigenvalue weighted by atomic mass is 9.81. The van der Waals surface area contributed by atoms with Gasteiger partial charge >= 0.3 is 11.9 Å². The maximum atomic E-state index is 13.0. The van der Waals surface area contributed by atoms with E-state index < -0.39 is 17.9 Å². The number of carbonyl (C=O) groups is 2. The van der Waals surface area contributed by atoms with Crippen molar-refractivity contribution in [2.75, 3.05) is 19.1 Å². The van der Waals surface area contributed by atoms with Crippen molar-refractivity contribution < 1.29 is 19.1 Å². The first-order valence-electron chi connectivity index (χ1n) is 9.87. The first-order chi connectivity index (χ1) is 16.0. The Hall–Kier alpha value is -4.71. The van der Waals surface area contributed by atoms with Crippen molar-refractivity contribution >= 4 is 28.5 Å². The van der Waals surface area contributed by atoms with Gasteiger partial charge < -0.3 is 15.2 Å². The van der Waals surface area contributed by atoms with Crippen LogP contribution in [0.3, 0.4) is 0 Å². The minimum atomic E-state index is -0.919. The van der Waals surface area contributed by atoms with Gasteiger partial charge in [0.25, 0.3) is 0 Å². The molecule has 0 amide bonds. The predicted molar refractivity (Wildman–Crippen MR) is 119 cm³/mol. The fraction of sp³-hybridized carbons (Fsp3) is 0.125. The molecular weight excluding hydrogens is 422 g/mol. The number of benzene rings is 2. The van der Waals surface area contributed by atoms with E-state index in [1.807, 2.05) is 0 Å². The summed E-state index contributed by atoms with van der Waals surface area (Å²) in [5, 5.41) is 10.7. The van der Waals surface area contributed by atoms with E-state index in [0.29, 0.717) is 22.2 Å². The van der Waals surface area contributed by atoms with Gasteiger partial charge in [-0.05, 0) is 23.8 Å². The Bertz CT molecular complexity index is 1360. The van der Waals surface area contributed by atoms with Crippen LogP contribution < -0.4 is 10.6 Å². The first kappa shape index (κ1) is 21.5.